The fourth-order valence-electron chi connectivity index (χ4n) is 2.79. The molecule has 0 radical (unpaired) electrons. The minimum atomic E-state index is 0.132. The largest absolute Gasteiger partial charge is 0.349 e. The van der Waals surface area contributed by atoms with Crippen LogP contribution >= 0.6 is 0 Å². The van der Waals surface area contributed by atoms with Crippen LogP contribution in [0.15, 0.2) is 60.7 Å². The van der Waals surface area contributed by atoms with Gasteiger partial charge in [-0.1, -0.05) is 60.7 Å². The number of rotatable bonds is 2. The average molecular weight is 251 g/mol. The van der Waals surface area contributed by atoms with Crippen LogP contribution in [0, 0.1) is 0 Å². The maximum atomic E-state index is 11.9. The van der Waals surface area contributed by atoms with Gasteiger partial charge in [-0.25, -0.2) is 0 Å². The quantitative estimate of drug-likeness (QED) is 0.870. The molecular weight excluding hydrogens is 234 g/mol. The van der Waals surface area contributed by atoms with Gasteiger partial charge in [0.05, 0.1) is 6.04 Å². The van der Waals surface area contributed by atoms with Crippen LogP contribution in [0.4, 0.5) is 0 Å². The molecule has 0 aromatic heterocycles. The Morgan fingerprint density at radius 2 is 1.42 bits per heavy atom. The number of carbonyl (C=O) groups excluding carboxylic acids is 1. The molecule has 2 atom stereocenters. The van der Waals surface area contributed by atoms with E-state index in [-0.39, 0.29) is 11.9 Å². The van der Waals surface area contributed by atoms with Gasteiger partial charge in [-0.05, 0) is 23.5 Å². The summed E-state index contributed by atoms with van der Waals surface area (Å²) in [5, 5.41) is 3.09. The molecule has 19 heavy (non-hydrogen) atoms. The van der Waals surface area contributed by atoms with Crippen LogP contribution in [0.5, 0.6) is 0 Å². The summed E-state index contributed by atoms with van der Waals surface area (Å²) in [6.45, 7) is 0. The summed E-state index contributed by atoms with van der Waals surface area (Å²) >= 11 is 0. The van der Waals surface area contributed by atoms with Crippen molar-refractivity contribution in [2.75, 3.05) is 0 Å². The molecule has 3 rings (SSSR count). The van der Waals surface area contributed by atoms with Crippen molar-refractivity contribution >= 4 is 5.91 Å². The van der Waals surface area contributed by atoms with E-state index in [0.717, 1.165) is 6.42 Å². The van der Waals surface area contributed by atoms with Gasteiger partial charge < -0.3 is 5.32 Å². The van der Waals surface area contributed by atoms with E-state index in [0.29, 0.717) is 12.3 Å². The maximum absolute atomic E-state index is 11.9. The molecule has 1 fully saturated rings. The van der Waals surface area contributed by atoms with E-state index in [1.54, 1.807) is 0 Å². The SMILES string of the molecule is O=C1CC(c2ccccc2)CC(c2ccccc2)N1. The van der Waals surface area contributed by atoms with Gasteiger partial charge in [0, 0.05) is 6.42 Å². The molecule has 0 spiro atoms. The lowest BCUT2D eigenvalue weighted by Crippen LogP contribution is -2.35. The first-order chi connectivity index (χ1) is 9.33. The average Bonchev–Trinajstić information content (AvgIpc) is 2.48. The van der Waals surface area contributed by atoms with E-state index < -0.39 is 0 Å². The number of benzene rings is 2. The molecule has 0 saturated carbocycles. The zero-order chi connectivity index (χ0) is 13.1. The van der Waals surface area contributed by atoms with Gasteiger partial charge in [0.2, 0.25) is 5.91 Å². The second-order valence-electron chi connectivity index (χ2n) is 5.08. The lowest BCUT2D eigenvalue weighted by atomic mass is 9.84. The van der Waals surface area contributed by atoms with E-state index >= 15 is 0 Å². The fourth-order valence-corrected chi connectivity index (χ4v) is 2.79. The summed E-state index contributed by atoms with van der Waals surface area (Å²) in [6.07, 6.45) is 1.56. The first-order valence-corrected chi connectivity index (χ1v) is 6.72. The Morgan fingerprint density at radius 1 is 0.842 bits per heavy atom. The second kappa shape index (κ2) is 5.27. The van der Waals surface area contributed by atoms with Gasteiger partial charge in [0.1, 0.15) is 0 Å². The minimum absolute atomic E-state index is 0.132. The predicted octanol–water partition coefficient (Wildman–Crippen LogP) is 3.42. The van der Waals surface area contributed by atoms with Crippen LogP contribution in [0.2, 0.25) is 0 Å². The number of amides is 1. The molecule has 2 aromatic carbocycles. The van der Waals surface area contributed by atoms with Crippen molar-refractivity contribution in [2.24, 2.45) is 0 Å². The van der Waals surface area contributed by atoms with E-state index in [9.17, 15) is 4.79 Å². The summed E-state index contributed by atoms with van der Waals surface area (Å²) in [7, 11) is 0. The first kappa shape index (κ1) is 12.0. The molecule has 1 aliphatic rings. The van der Waals surface area contributed by atoms with Crippen molar-refractivity contribution in [3.63, 3.8) is 0 Å². The molecule has 1 heterocycles. The number of hydrogen-bond donors (Lipinski definition) is 1. The molecule has 2 aromatic rings. The molecule has 0 bridgehead atoms. The standard InChI is InChI=1S/C17H17NO/c19-17-12-15(13-7-3-1-4-8-13)11-16(18-17)14-9-5-2-6-10-14/h1-10,15-16H,11-12H2,(H,18,19). The molecule has 1 saturated heterocycles. The van der Waals surface area contributed by atoms with Crippen LogP contribution in [-0.4, -0.2) is 5.91 Å². The zero-order valence-electron chi connectivity index (χ0n) is 10.8. The summed E-state index contributed by atoms with van der Waals surface area (Å²) in [5.74, 6) is 0.467. The Morgan fingerprint density at radius 3 is 2.05 bits per heavy atom. The normalized spacial score (nSPS) is 22.8. The van der Waals surface area contributed by atoms with Crippen molar-refractivity contribution in [1.29, 1.82) is 0 Å². The fraction of sp³-hybridized carbons (Fsp3) is 0.235. The highest BCUT2D eigenvalue weighted by Crippen LogP contribution is 2.34. The maximum Gasteiger partial charge on any atom is 0.221 e. The molecule has 0 aliphatic carbocycles. The summed E-state index contributed by atoms with van der Waals surface area (Å²) in [4.78, 5) is 11.9. The molecule has 1 amide bonds. The molecule has 2 unspecified atom stereocenters. The molecule has 2 heteroatoms. The molecule has 1 N–H and O–H groups in total. The van der Waals surface area contributed by atoms with Gasteiger partial charge >= 0.3 is 0 Å². The van der Waals surface area contributed by atoms with Gasteiger partial charge in [-0.15, -0.1) is 0 Å². The van der Waals surface area contributed by atoms with E-state index in [4.69, 9.17) is 0 Å². The number of carbonyl (C=O) groups is 1. The summed E-state index contributed by atoms with van der Waals surface area (Å²) < 4.78 is 0. The van der Waals surface area contributed by atoms with Gasteiger partial charge in [0.15, 0.2) is 0 Å². The van der Waals surface area contributed by atoms with Crippen LogP contribution < -0.4 is 5.32 Å². The Kier molecular flexibility index (Phi) is 3.32. The minimum Gasteiger partial charge on any atom is -0.349 e. The van der Waals surface area contributed by atoms with Crippen molar-refractivity contribution in [3.8, 4) is 0 Å². The Hall–Kier alpha value is -2.09. The third-order valence-electron chi connectivity index (χ3n) is 3.76. The van der Waals surface area contributed by atoms with Gasteiger partial charge in [-0.3, -0.25) is 4.79 Å². The lowest BCUT2D eigenvalue weighted by molar-refractivity contribution is -0.123. The molecule has 1 aliphatic heterocycles. The van der Waals surface area contributed by atoms with Crippen molar-refractivity contribution < 1.29 is 4.79 Å². The Labute approximate surface area is 113 Å². The van der Waals surface area contributed by atoms with Gasteiger partial charge in [0.25, 0.3) is 0 Å². The summed E-state index contributed by atoms with van der Waals surface area (Å²) in [6, 6.07) is 20.7. The third-order valence-corrected chi connectivity index (χ3v) is 3.76. The highest BCUT2D eigenvalue weighted by atomic mass is 16.1. The van der Waals surface area contributed by atoms with Crippen LogP contribution in [0.3, 0.4) is 0 Å². The molecule has 96 valence electrons. The Bertz CT molecular complexity index is 500. The number of nitrogens with one attached hydrogen (secondary N) is 1. The van der Waals surface area contributed by atoms with E-state index in [2.05, 4.69) is 29.6 Å². The van der Waals surface area contributed by atoms with Crippen molar-refractivity contribution in [2.45, 2.75) is 24.8 Å². The lowest BCUT2D eigenvalue weighted by Gasteiger charge is -2.30. The highest BCUT2D eigenvalue weighted by Gasteiger charge is 2.28. The predicted molar refractivity (Wildman–Crippen MR) is 75.7 cm³/mol. The summed E-state index contributed by atoms with van der Waals surface area (Å²) in [5.41, 5.74) is 2.45. The van der Waals surface area contributed by atoms with Crippen LogP contribution in [-0.2, 0) is 4.79 Å². The van der Waals surface area contributed by atoms with Crippen LogP contribution in [0.1, 0.15) is 35.9 Å². The van der Waals surface area contributed by atoms with E-state index in [1.165, 1.54) is 11.1 Å². The topological polar surface area (TPSA) is 29.1 Å². The molecular formula is C17H17NO. The zero-order valence-corrected chi connectivity index (χ0v) is 10.8. The van der Waals surface area contributed by atoms with Crippen molar-refractivity contribution in [3.05, 3.63) is 71.8 Å². The Balaban J connectivity index is 1.84. The molecule has 2 nitrogen and oxygen atoms in total. The monoisotopic (exact) mass is 251 g/mol. The third kappa shape index (κ3) is 2.68. The van der Waals surface area contributed by atoms with Crippen molar-refractivity contribution in [1.82, 2.24) is 5.32 Å². The van der Waals surface area contributed by atoms with Crippen LogP contribution in [0.25, 0.3) is 0 Å². The number of piperidine rings is 1. The first-order valence-electron chi connectivity index (χ1n) is 6.72. The number of hydrogen-bond acceptors (Lipinski definition) is 1. The highest BCUT2D eigenvalue weighted by molar-refractivity contribution is 5.78. The second-order valence-corrected chi connectivity index (χ2v) is 5.08. The van der Waals surface area contributed by atoms with Gasteiger partial charge in [-0.2, -0.15) is 0 Å². The van der Waals surface area contributed by atoms with E-state index in [1.807, 2.05) is 36.4 Å². The smallest absolute Gasteiger partial charge is 0.221 e.